The Bertz CT molecular complexity index is 975. The SMILES string of the molecule is CC(C)Oc1cc2c(OCC3CCN(C(=O)OC(C)(C)C)CC3)nccc2cc1C(N)=O. The van der Waals surface area contributed by atoms with Crippen LogP contribution in [0.15, 0.2) is 24.4 Å². The lowest BCUT2D eigenvalue weighted by atomic mass is 9.98. The van der Waals surface area contributed by atoms with Gasteiger partial charge in [-0.3, -0.25) is 4.79 Å². The van der Waals surface area contributed by atoms with Gasteiger partial charge in [0.2, 0.25) is 5.88 Å². The maximum absolute atomic E-state index is 12.2. The molecule has 2 heterocycles. The van der Waals surface area contributed by atoms with Crippen molar-refractivity contribution < 1.29 is 23.8 Å². The first kappa shape index (κ1) is 23.6. The van der Waals surface area contributed by atoms with Crippen LogP contribution in [0.2, 0.25) is 0 Å². The lowest BCUT2D eigenvalue weighted by Crippen LogP contribution is -2.42. The maximum Gasteiger partial charge on any atom is 0.410 e. The van der Waals surface area contributed by atoms with Crippen LogP contribution in [-0.4, -0.2) is 53.3 Å². The number of benzene rings is 1. The van der Waals surface area contributed by atoms with E-state index in [1.807, 2.05) is 40.7 Å². The van der Waals surface area contributed by atoms with Gasteiger partial charge in [-0.1, -0.05) is 0 Å². The van der Waals surface area contributed by atoms with Crippen molar-refractivity contribution in [3.63, 3.8) is 0 Å². The van der Waals surface area contributed by atoms with Crippen LogP contribution in [0.3, 0.4) is 0 Å². The first-order valence-corrected chi connectivity index (χ1v) is 11.0. The third kappa shape index (κ3) is 6.02. The molecule has 0 spiro atoms. The highest BCUT2D eigenvalue weighted by molar-refractivity contribution is 6.01. The summed E-state index contributed by atoms with van der Waals surface area (Å²) in [5, 5.41) is 1.57. The smallest absolute Gasteiger partial charge is 0.410 e. The lowest BCUT2D eigenvalue weighted by Gasteiger charge is -2.33. The number of nitrogens with two attached hydrogens (primary N) is 1. The van der Waals surface area contributed by atoms with Gasteiger partial charge < -0.3 is 24.8 Å². The molecule has 1 fully saturated rings. The zero-order chi connectivity index (χ0) is 23.5. The molecule has 1 aromatic carbocycles. The number of hydrogen-bond acceptors (Lipinski definition) is 6. The molecule has 3 rings (SSSR count). The van der Waals surface area contributed by atoms with Crippen molar-refractivity contribution in [2.45, 2.75) is 59.2 Å². The number of piperidine rings is 1. The van der Waals surface area contributed by atoms with Gasteiger partial charge in [0.25, 0.3) is 5.91 Å². The number of pyridine rings is 1. The second-order valence-electron chi connectivity index (χ2n) is 9.44. The molecule has 1 aliphatic rings. The van der Waals surface area contributed by atoms with E-state index in [0.717, 1.165) is 23.6 Å². The Morgan fingerprint density at radius 3 is 2.50 bits per heavy atom. The van der Waals surface area contributed by atoms with E-state index >= 15 is 0 Å². The number of carbonyl (C=O) groups is 2. The average molecular weight is 444 g/mol. The second kappa shape index (κ2) is 9.63. The van der Waals surface area contributed by atoms with E-state index in [9.17, 15) is 9.59 Å². The Hall–Kier alpha value is -3.03. The minimum absolute atomic E-state index is 0.109. The molecule has 8 heteroatoms. The number of ether oxygens (including phenoxy) is 3. The van der Waals surface area contributed by atoms with Crippen molar-refractivity contribution in [3.8, 4) is 11.6 Å². The van der Waals surface area contributed by atoms with E-state index < -0.39 is 11.5 Å². The predicted molar refractivity (Wildman–Crippen MR) is 122 cm³/mol. The Balaban J connectivity index is 1.68. The first-order chi connectivity index (χ1) is 15.0. The van der Waals surface area contributed by atoms with Gasteiger partial charge in [0.15, 0.2) is 0 Å². The summed E-state index contributed by atoms with van der Waals surface area (Å²) in [7, 11) is 0. The van der Waals surface area contributed by atoms with Gasteiger partial charge in [-0.15, -0.1) is 0 Å². The summed E-state index contributed by atoms with van der Waals surface area (Å²) in [6, 6.07) is 5.29. The Kier molecular flexibility index (Phi) is 7.11. The van der Waals surface area contributed by atoms with Crippen molar-refractivity contribution in [2.24, 2.45) is 11.7 Å². The van der Waals surface area contributed by atoms with E-state index in [1.165, 1.54) is 0 Å². The van der Waals surface area contributed by atoms with Gasteiger partial charge in [0.05, 0.1) is 18.3 Å². The Morgan fingerprint density at radius 2 is 1.91 bits per heavy atom. The van der Waals surface area contributed by atoms with Crippen LogP contribution in [0.5, 0.6) is 11.6 Å². The van der Waals surface area contributed by atoms with Gasteiger partial charge in [-0.25, -0.2) is 9.78 Å². The van der Waals surface area contributed by atoms with E-state index in [-0.39, 0.29) is 12.2 Å². The molecule has 2 aromatic rings. The van der Waals surface area contributed by atoms with Crippen LogP contribution < -0.4 is 15.2 Å². The summed E-state index contributed by atoms with van der Waals surface area (Å²) >= 11 is 0. The number of hydrogen-bond donors (Lipinski definition) is 1. The molecule has 32 heavy (non-hydrogen) atoms. The highest BCUT2D eigenvalue weighted by Gasteiger charge is 2.27. The molecule has 2 amide bonds. The highest BCUT2D eigenvalue weighted by Crippen LogP contribution is 2.32. The normalized spacial score (nSPS) is 15.1. The molecule has 0 aliphatic carbocycles. The fourth-order valence-electron chi connectivity index (χ4n) is 3.64. The summed E-state index contributed by atoms with van der Waals surface area (Å²) in [6.07, 6.45) is 2.93. The van der Waals surface area contributed by atoms with Crippen LogP contribution in [0.4, 0.5) is 4.79 Å². The Morgan fingerprint density at radius 1 is 1.22 bits per heavy atom. The van der Waals surface area contributed by atoms with Gasteiger partial charge in [-0.2, -0.15) is 0 Å². The average Bonchev–Trinajstić information content (AvgIpc) is 2.70. The van der Waals surface area contributed by atoms with Crippen LogP contribution in [0.1, 0.15) is 57.8 Å². The quantitative estimate of drug-likeness (QED) is 0.719. The number of primary amides is 1. The highest BCUT2D eigenvalue weighted by atomic mass is 16.6. The summed E-state index contributed by atoms with van der Waals surface area (Å²) in [4.78, 5) is 30.3. The molecule has 0 saturated carbocycles. The summed E-state index contributed by atoms with van der Waals surface area (Å²) in [5.41, 5.74) is 5.37. The predicted octanol–water partition coefficient (Wildman–Crippen LogP) is 4.15. The number of amides is 2. The maximum atomic E-state index is 12.2. The van der Waals surface area contributed by atoms with E-state index in [4.69, 9.17) is 19.9 Å². The van der Waals surface area contributed by atoms with Crippen LogP contribution in [0.25, 0.3) is 10.8 Å². The second-order valence-corrected chi connectivity index (χ2v) is 9.44. The summed E-state index contributed by atoms with van der Waals surface area (Å²) < 4.78 is 17.3. The Labute approximate surface area is 189 Å². The van der Waals surface area contributed by atoms with E-state index in [1.54, 1.807) is 23.2 Å². The van der Waals surface area contributed by atoms with Gasteiger partial charge in [0, 0.05) is 24.7 Å². The number of carbonyl (C=O) groups excluding carboxylic acids is 2. The monoisotopic (exact) mass is 443 g/mol. The third-order valence-electron chi connectivity index (χ3n) is 5.18. The molecular weight excluding hydrogens is 410 g/mol. The van der Waals surface area contributed by atoms with E-state index in [2.05, 4.69) is 4.98 Å². The third-order valence-corrected chi connectivity index (χ3v) is 5.18. The zero-order valence-electron chi connectivity index (χ0n) is 19.5. The molecule has 0 radical (unpaired) electrons. The molecule has 1 aliphatic heterocycles. The van der Waals surface area contributed by atoms with E-state index in [0.29, 0.717) is 42.8 Å². The van der Waals surface area contributed by atoms with Crippen molar-refractivity contribution >= 4 is 22.8 Å². The fraction of sp³-hybridized carbons (Fsp3) is 0.542. The number of aromatic nitrogens is 1. The molecule has 8 nitrogen and oxygen atoms in total. The minimum atomic E-state index is -0.543. The number of likely N-dealkylation sites (tertiary alicyclic amines) is 1. The minimum Gasteiger partial charge on any atom is -0.490 e. The molecular formula is C24H33N3O5. The van der Waals surface area contributed by atoms with Crippen molar-refractivity contribution in [3.05, 3.63) is 30.0 Å². The molecule has 174 valence electrons. The molecule has 1 aromatic heterocycles. The number of nitrogens with zero attached hydrogens (tertiary/aromatic N) is 2. The zero-order valence-corrected chi connectivity index (χ0v) is 19.5. The van der Waals surface area contributed by atoms with Crippen molar-refractivity contribution in [1.29, 1.82) is 0 Å². The van der Waals surface area contributed by atoms with Gasteiger partial charge >= 0.3 is 6.09 Å². The summed E-state index contributed by atoms with van der Waals surface area (Å²) in [5.74, 6) is 0.672. The van der Waals surface area contributed by atoms with Crippen molar-refractivity contribution in [2.75, 3.05) is 19.7 Å². The topological polar surface area (TPSA) is 104 Å². The number of rotatable bonds is 6. The first-order valence-electron chi connectivity index (χ1n) is 11.0. The van der Waals surface area contributed by atoms with Crippen LogP contribution >= 0.6 is 0 Å². The van der Waals surface area contributed by atoms with Gasteiger partial charge in [0.1, 0.15) is 11.4 Å². The molecule has 0 atom stereocenters. The fourth-order valence-corrected chi connectivity index (χ4v) is 3.64. The van der Waals surface area contributed by atoms with Crippen LogP contribution in [-0.2, 0) is 4.74 Å². The van der Waals surface area contributed by atoms with Gasteiger partial charge in [-0.05, 0) is 77.0 Å². The molecule has 0 unspecified atom stereocenters. The molecule has 1 saturated heterocycles. The largest absolute Gasteiger partial charge is 0.490 e. The molecule has 2 N–H and O–H groups in total. The van der Waals surface area contributed by atoms with Crippen molar-refractivity contribution in [1.82, 2.24) is 9.88 Å². The van der Waals surface area contributed by atoms with Crippen LogP contribution in [0, 0.1) is 5.92 Å². The lowest BCUT2D eigenvalue weighted by molar-refractivity contribution is 0.0164. The number of fused-ring (bicyclic) bond motifs is 1. The molecule has 0 bridgehead atoms. The standard InChI is InChI=1S/C24H33N3O5/c1-15(2)31-20-13-18-17(12-19(20)21(25)28)6-9-26-22(18)30-14-16-7-10-27(11-8-16)23(29)32-24(3,4)5/h6,9,12-13,15-16H,7-8,10-11,14H2,1-5H3,(H2,25,28). The summed E-state index contributed by atoms with van der Waals surface area (Å²) in [6.45, 7) is 11.2.